The Morgan fingerprint density at radius 2 is 2.03 bits per heavy atom. The van der Waals surface area contributed by atoms with Crippen LogP contribution < -0.4 is 15.4 Å². The van der Waals surface area contributed by atoms with E-state index in [9.17, 15) is 10.1 Å². The summed E-state index contributed by atoms with van der Waals surface area (Å²) in [6.45, 7) is 0.680. The molecule has 0 spiro atoms. The molecule has 9 heteroatoms. The third kappa shape index (κ3) is 3.56. The number of fused-ring (bicyclic) bond motifs is 3. The van der Waals surface area contributed by atoms with Crippen LogP contribution in [0.3, 0.4) is 0 Å². The molecule has 9 nitrogen and oxygen atoms in total. The quantitative estimate of drug-likeness (QED) is 0.514. The van der Waals surface area contributed by atoms with Gasteiger partial charge in [0.15, 0.2) is 11.5 Å². The number of carbonyl (C=O) groups excluding carboxylic acids is 1. The van der Waals surface area contributed by atoms with Crippen molar-refractivity contribution in [2.75, 3.05) is 19.0 Å². The maximum absolute atomic E-state index is 12.5. The fourth-order valence-electron chi connectivity index (χ4n) is 3.87. The van der Waals surface area contributed by atoms with E-state index in [4.69, 9.17) is 14.7 Å². The molecule has 3 heterocycles. The van der Waals surface area contributed by atoms with Crippen LogP contribution in [0.5, 0.6) is 5.75 Å². The van der Waals surface area contributed by atoms with Crippen molar-refractivity contribution in [3.05, 3.63) is 48.0 Å². The van der Waals surface area contributed by atoms with Crippen LogP contribution in [0.1, 0.15) is 24.8 Å². The van der Waals surface area contributed by atoms with Crippen LogP contribution in [0.2, 0.25) is 0 Å². The van der Waals surface area contributed by atoms with E-state index >= 15 is 0 Å². The lowest BCUT2D eigenvalue weighted by molar-refractivity contribution is -0.121. The number of aromatic nitrogens is 4. The van der Waals surface area contributed by atoms with Crippen LogP contribution in [0, 0.1) is 11.3 Å². The highest BCUT2D eigenvalue weighted by molar-refractivity contribution is 5.94. The summed E-state index contributed by atoms with van der Waals surface area (Å²) >= 11 is 0. The summed E-state index contributed by atoms with van der Waals surface area (Å²) in [4.78, 5) is 22.0. The van der Waals surface area contributed by atoms with E-state index in [-0.39, 0.29) is 5.91 Å². The van der Waals surface area contributed by atoms with Gasteiger partial charge >= 0.3 is 0 Å². The molecule has 2 aromatic heterocycles. The molecule has 1 aliphatic rings. The molecular weight excluding hydrogens is 406 g/mol. The number of nitrogens with one attached hydrogen (secondary N) is 2. The van der Waals surface area contributed by atoms with Gasteiger partial charge in [-0.15, -0.1) is 5.10 Å². The first-order chi connectivity index (χ1) is 15.7. The second-order valence-electron chi connectivity index (χ2n) is 7.66. The monoisotopic (exact) mass is 427 g/mol. The Hall–Kier alpha value is -4.19. The molecule has 4 aromatic rings. The van der Waals surface area contributed by atoms with Gasteiger partial charge in [0.05, 0.1) is 24.3 Å². The standard InChI is InChI=1S/C23H21N7O2/c1-32-16-8-6-15(7-9-16)20-28-21-17-12-14(13-24)5-10-18(17)26-23(30(21)29-20)27-19-4-2-3-11-25-22(19)31/h5-10,12,19H,2-4,11H2,1H3,(H,25,31)(H,26,27)/t19-/m1/s1. The molecule has 2 aromatic carbocycles. The summed E-state index contributed by atoms with van der Waals surface area (Å²) in [6, 6.07) is 14.5. The number of nitriles is 1. The molecule has 1 saturated heterocycles. The molecule has 0 radical (unpaired) electrons. The molecule has 0 saturated carbocycles. The van der Waals surface area contributed by atoms with Gasteiger partial charge in [-0.1, -0.05) is 0 Å². The second-order valence-corrected chi connectivity index (χ2v) is 7.66. The Labute approximate surface area is 184 Å². The minimum atomic E-state index is -0.405. The van der Waals surface area contributed by atoms with Crippen molar-refractivity contribution in [3.8, 4) is 23.2 Å². The molecule has 160 valence electrons. The van der Waals surface area contributed by atoms with Gasteiger partial charge in [0, 0.05) is 17.5 Å². The number of amides is 1. The molecule has 5 rings (SSSR count). The SMILES string of the molecule is COc1ccc(-c2nc3c4cc(C#N)ccc4nc(N[C@@H]4CCCCNC4=O)n3n2)cc1. The van der Waals surface area contributed by atoms with Gasteiger partial charge in [-0.3, -0.25) is 4.79 Å². The number of hydrogen-bond donors (Lipinski definition) is 2. The van der Waals surface area contributed by atoms with Crippen molar-refractivity contribution >= 4 is 28.4 Å². The molecule has 1 fully saturated rings. The maximum Gasteiger partial charge on any atom is 0.242 e. The predicted octanol–water partition coefficient (Wildman–Crippen LogP) is 2.91. The summed E-state index contributed by atoms with van der Waals surface area (Å²) in [5.41, 5.74) is 2.56. The first-order valence-electron chi connectivity index (χ1n) is 10.5. The van der Waals surface area contributed by atoms with Crippen LogP contribution >= 0.6 is 0 Å². The first kappa shape index (κ1) is 19.8. The zero-order valence-corrected chi connectivity index (χ0v) is 17.5. The lowest BCUT2D eigenvalue weighted by Crippen LogP contribution is -2.38. The number of rotatable bonds is 4. The van der Waals surface area contributed by atoms with Crippen LogP contribution in [-0.4, -0.2) is 45.2 Å². The van der Waals surface area contributed by atoms with Crippen LogP contribution in [-0.2, 0) is 4.79 Å². The van der Waals surface area contributed by atoms with E-state index in [1.165, 1.54) is 0 Å². The Balaban J connectivity index is 1.67. The summed E-state index contributed by atoms with van der Waals surface area (Å²) in [5.74, 6) is 1.64. The van der Waals surface area contributed by atoms with E-state index in [2.05, 4.69) is 21.8 Å². The first-order valence-corrected chi connectivity index (χ1v) is 10.5. The van der Waals surface area contributed by atoms with Gasteiger partial charge in [0.1, 0.15) is 11.8 Å². The highest BCUT2D eigenvalue weighted by Crippen LogP contribution is 2.26. The minimum absolute atomic E-state index is 0.0483. The third-order valence-electron chi connectivity index (χ3n) is 5.59. The van der Waals surface area contributed by atoms with Gasteiger partial charge in [-0.05, 0) is 61.7 Å². The van der Waals surface area contributed by atoms with Gasteiger partial charge in [0.2, 0.25) is 11.9 Å². The molecule has 1 aliphatic heterocycles. The van der Waals surface area contributed by atoms with E-state index in [0.717, 1.165) is 24.2 Å². The highest BCUT2D eigenvalue weighted by Gasteiger charge is 2.23. The van der Waals surface area contributed by atoms with Gasteiger partial charge < -0.3 is 15.4 Å². The van der Waals surface area contributed by atoms with Gasteiger partial charge in [-0.25, -0.2) is 9.97 Å². The fourth-order valence-corrected chi connectivity index (χ4v) is 3.87. The van der Waals surface area contributed by atoms with Gasteiger partial charge in [-0.2, -0.15) is 9.78 Å². The minimum Gasteiger partial charge on any atom is -0.497 e. The summed E-state index contributed by atoms with van der Waals surface area (Å²) in [6.07, 6.45) is 2.60. The lowest BCUT2D eigenvalue weighted by atomic mass is 10.1. The topological polar surface area (TPSA) is 117 Å². The second kappa shape index (κ2) is 8.15. The number of nitrogens with zero attached hydrogens (tertiary/aromatic N) is 5. The Kier molecular flexibility index (Phi) is 5.03. The van der Waals surface area contributed by atoms with Crippen molar-refractivity contribution in [1.82, 2.24) is 24.9 Å². The average molecular weight is 427 g/mol. The summed E-state index contributed by atoms with van der Waals surface area (Å²) < 4.78 is 6.85. The number of benzene rings is 2. The van der Waals surface area contributed by atoms with Gasteiger partial charge in [0.25, 0.3) is 0 Å². The predicted molar refractivity (Wildman–Crippen MR) is 119 cm³/mol. The van der Waals surface area contributed by atoms with Crippen molar-refractivity contribution in [1.29, 1.82) is 5.26 Å². The van der Waals surface area contributed by atoms with Crippen LogP contribution in [0.15, 0.2) is 42.5 Å². The van der Waals surface area contributed by atoms with E-state index in [1.54, 1.807) is 29.8 Å². The molecule has 2 N–H and O–H groups in total. The summed E-state index contributed by atoms with van der Waals surface area (Å²) in [5, 5.41) is 20.9. The number of anilines is 1. The zero-order chi connectivity index (χ0) is 22.1. The number of methoxy groups -OCH3 is 1. The number of carbonyl (C=O) groups is 1. The average Bonchev–Trinajstić information content (AvgIpc) is 3.19. The zero-order valence-electron chi connectivity index (χ0n) is 17.5. The van der Waals surface area contributed by atoms with Crippen molar-refractivity contribution in [2.45, 2.75) is 25.3 Å². The molecule has 1 amide bonds. The van der Waals surface area contributed by atoms with E-state index in [1.807, 2.05) is 24.3 Å². The number of ether oxygens (including phenoxy) is 1. The van der Waals surface area contributed by atoms with Crippen molar-refractivity contribution < 1.29 is 9.53 Å². The fraction of sp³-hybridized carbons (Fsp3) is 0.261. The molecule has 32 heavy (non-hydrogen) atoms. The Bertz CT molecular complexity index is 1360. The Morgan fingerprint density at radius 3 is 2.81 bits per heavy atom. The van der Waals surface area contributed by atoms with Crippen molar-refractivity contribution in [2.24, 2.45) is 0 Å². The molecule has 1 atom stereocenters. The van der Waals surface area contributed by atoms with Crippen LogP contribution in [0.4, 0.5) is 5.95 Å². The Morgan fingerprint density at radius 1 is 1.19 bits per heavy atom. The maximum atomic E-state index is 12.5. The largest absolute Gasteiger partial charge is 0.497 e. The molecule has 0 aliphatic carbocycles. The number of hydrogen-bond acceptors (Lipinski definition) is 7. The third-order valence-corrected chi connectivity index (χ3v) is 5.59. The van der Waals surface area contributed by atoms with Crippen molar-refractivity contribution in [3.63, 3.8) is 0 Å². The molecule has 0 unspecified atom stereocenters. The summed E-state index contributed by atoms with van der Waals surface area (Å²) in [7, 11) is 1.62. The molecule has 0 bridgehead atoms. The van der Waals surface area contributed by atoms with Crippen LogP contribution in [0.25, 0.3) is 27.9 Å². The lowest BCUT2D eigenvalue weighted by Gasteiger charge is -2.16. The van der Waals surface area contributed by atoms with E-state index in [0.29, 0.717) is 46.9 Å². The highest BCUT2D eigenvalue weighted by atomic mass is 16.5. The normalized spacial score (nSPS) is 16.4. The van der Waals surface area contributed by atoms with E-state index < -0.39 is 6.04 Å². The molecular formula is C23H21N7O2. The smallest absolute Gasteiger partial charge is 0.242 e.